The minimum absolute atomic E-state index is 0.0569. The zero-order valence-electron chi connectivity index (χ0n) is 23.0. The summed E-state index contributed by atoms with van der Waals surface area (Å²) in [6.07, 6.45) is 7.98. The Morgan fingerprint density at radius 1 is 1.16 bits per heavy atom. The highest BCUT2D eigenvalue weighted by Crippen LogP contribution is 2.58. The molecule has 8 heteroatoms. The van der Waals surface area contributed by atoms with Gasteiger partial charge in [0.25, 0.3) is 0 Å². The minimum Gasteiger partial charge on any atom is -0.469 e. The molecule has 2 aliphatic rings. The SMILES string of the molecule is COC(=O)[C@]1(C)CCC[C@]2(C)c3ccc(C(C)C)c(NC(=O)Cn4cc(-c5ccccn5)nn4)c3CC[C@@H]12. The summed E-state index contributed by atoms with van der Waals surface area (Å²) < 4.78 is 6.82. The second-order valence-corrected chi connectivity index (χ2v) is 11.5. The van der Waals surface area contributed by atoms with Gasteiger partial charge in [-0.25, -0.2) is 4.68 Å². The summed E-state index contributed by atoms with van der Waals surface area (Å²) in [5.74, 6) is 0.183. The Morgan fingerprint density at radius 3 is 2.68 bits per heavy atom. The number of nitrogens with zero attached hydrogens (tertiary/aromatic N) is 4. The van der Waals surface area contributed by atoms with E-state index in [0.29, 0.717) is 11.4 Å². The molecule has 0 radical (unpaired) electrons. The summed E-state index contributed by atoms with van der Waals surface area (Å²) in [6.45, 7) is 8.73. The van der Waals surface area contributed by atoms with Gasteiger partial charge in [-0.1, -0.05) is 50.6 Å². The Balaban J connectivity index is 1.45. The predicted octanol–water partition coefficient (Wildman–Crippen LogP) is 5.29. The fourth-order valence-corrected chi connectivity index (χ4v) is 7.02. The lowest BCUT2D eigenvalue weighted by atomic mass is 9.49. The number of aromatic nitrogens is 4. The van der Waals surface area contributed by atoms with Gasteiger partial charge in [-0.05, 0) is 78.7 Å². The van der Waals surface area contributed by atoms with Crippen LogP contribution >= 0.6 is 0 Å². The van der Waals surface area contributed by atoms with Crippen molar-refractivity contribution in [3.05, 3.63) is 59.4 Å². The summed E-state index contributed by atoms with van der Waals surface area (Å²) in [4.78, 5) is 30.5. The number of rotatable bonds is 6. The van der Waals surface area contributed by atoms with Gasteiger partial charge in [0.1, 0.15) is 12.2 Å². The van der Waals surface area contributed by atoms with Crippen molar-refractivity contribution < 1.29 is 14.3 Å². The zero-order chi connectivity index (χ0) is 27.1. The first-order valence-electron chi connectivity index (χ1n) is 13.5. The van der Waals surface area contributed by atoms with Crippen molar-refractivity contribution in [3.8, 4) is 11.4 Å². The van der Waals surface area contributed by atoms with Crippen molar-refractivity contribution in [2.45, 2.75) is 77.7 Å². The van der Waals surface area contributed by atoms with E-state index in [4.69, 9.17) is 4.74 Å². The van der Waals surface area contributed by atoms with Crippen molar-refractivity contribution in [1.82, 2.24) is 20.0 Å². The fourth-order valence-electron chi connectivity index (χ4n) is 7.02. The number of hydrogen-bond donors (Lipinski definition) is 1. The molecule has 3 atom stereocenters. The van der Waals surface area contributed by atoms with Crippen molar-refractivity contribution in [2.75, 3.05) is 12.4 Å². The standard InChI is InChI=1S/C30H37N5O3/c1-19(2)20-10-12-22-21(11-13-25-29(22,3)14-8-15-30(25,4)28(37)38-5)27(20)32-26(36)18-35-17-24(33-34-35)23-9-6-7-16-31-23/h6-7,9-10,12,16-17,19,25H,8,11,13-15,18H2,1-5H3,(H,32,36)/t25-,29-,30-/m1/s1. The van der Waals surface area contributed by atoms with Crippen molar-refractivity contribution in [3.63, 3.8) is 0 Å². The molecule has 5 rings (SSSR count). The van der Waals surface area contributed by atoms with E-state index in [2.05, 4.69) is 60.4 Å². The van der Waals surface area contributed by atoms with Crippen LogP contribution in [0, 0.1) is 11.3 Å². The third-order valence-corrected chi connectivity index (χ3v) is 8.88. The van der Waals surface area contributed by atoms with Crippen LogP contribution in [0.15, 0.2) is 42.7 Å². The van der Waals surface area contributed by atoms with E-state index in [1.165, 1.54) is 18.2 Å². The van der Waals surface area contributed by atoms with Crippen molar-refractivity contribution in [1.29, 1.82) is 0 Å². The molecule has 1 saturated carbocycles. The molecule has 2 heterocycles. The first-order chi connectivity index (χ1) is 18.2. The van der Waals surface area contributed by atoms with Crippen LogP contribution in [0.3, 0.4) is 0 Å². The van der Waals surface area contributed by atoms with Gasteiger partial charge in [0.05, 0.1) is 24.4 Å². The molecule has 1 N–H and O–H groups in total. The summed E-state index contributed by atoms with van der Waals surface area (Å²) in [6, 6.07) is 10.0. The van der Waals surface area contributed by atoms with Crippen LogP contribution in [0.4, 0.5) is 5.69 Å². The highest BCUT2D eigenvalue weighted by Gasteiger charge is 2.56. The normalized spacial score (nSPS) is 24.4. The number of benzene rings is 1. The third-order valence-electron chi connectivity index (χ3n) is 8.88. The number of esters is 1. The van der Waals surface area contributed by atoms with Crippen LogP contribution in [0.25, 0.3) is 11.4 Å². The van der Waals surface area contributed by atoms with Crippen LogP contribution < -0.4 is 5.32 Å². The van der Waals surface area contributed by atoms with E-state index in [9.17, 15) is 9.59 Å². The van der Waals surface area contributed by atoms with E-state index >= 15 is 0 Å². The van der Waals surface area contributed by atoms with Gasteiger partial charge in [-0.15, -0.1) is 5.10 Å². The molecule has 0 bridgehead atoms. The van der Waals surface area contributed by atoms with Crippen LogP contribution in [0.5, 0.6) is 0 Å². The second-order valence-electron chi connectivity index (χ2n) is 11.5. The van der Waals surface area contributed by atoms with Gasteiger partial charge in [0.2, 0.25) is 5.91 Å². The van der Waals surface area contributed by atoms with Gasteiger partial charge < -0.3 is 10.1 Å². The quantitative estimate of drug-likeness (QED) is 0.448. The molecule has 0 unspecified atom stereocenters. The van der Waals surface area contributed by atoms with Crippen LogP contribution in [0.2, 0.25) is 0 Å². The molecule has 1 fully saturated rings. The maximum atomic E-state index is 13.3. The average Bonchev–Trinajstić information content (AvgIpc) is 3.37. The molecule has 3 aromatic rings. The molecule has 200 valence electrons. The number of amides is 1. The molecular formula is C30H37N5O3. The number of ether oxygens (including phenoxy) is 1. The third kappa shape index (κ3) is 4.40. The molecule has 0 spiro atoms. The number of anilines is 1. The Morgan fingerprint density at radius 2 is 1.97 bits per heavy atom. The highest BCUT2D eigenvalue weighted by atomic mass is 16.5. The largest absolute Gasteiger partial charge is 0.469 e. The smallest absolute Gasteiger partial charge is 0.311 e. The second kappa shape index (κ2) is 9.97. The topological polar surface area (TPSA) is 99.0 Å². The minimum atomic E-state index is -0.502. The Hall–Kier alpha value is -3.55. The van der Waals surface area contributed by atoms with E-state index in [1.54, 1.807) is 17.1 Å². The molecule has 0 saturated heterocycles. The number of nitrogens with one attached hydrogen (secondary N) is 1. The van der Waals surface area contributed by atoms with Crippen LogP contribution in [-0.4, -0.2) is 39.0 Å². The van der Waals surface area contributed by atoms with Crippen LogP contribution in [-0.2, 0) is 32.7 Å². The zero-order valence-corrected chi connectivity index (χ0v) is 23.0. The fraction of sp³-hybridized carbons (Fsp3) is 0.500. The van der Waals surface area contributed by atoms with Gasteiger partial charge >= 0.3 is 5.97 Å². The van der Waals surface area contributed by atoms with Crippen LogP contribution in [0.1, 0.15) is 76.0 Å². The summed E-state index contributed by atoms with van der Waals surface area (Å²) in [5.41, 5.74) is 5.17. The summed E-state index contributed by atoms with van der Waals surface area (Å²) in [5, 5.41) is 11.6. The maximum Gasteiger partial charge on any atom is 0.311 e. The molecule has 0 aliphatic heterocycles. The molecule has 1 aromatic carbocycles. The summed E-state index contributed by atoms with van der Waals surface area (Å²) >= 11 is 0. The molecule has 1 amide bonds. The summed E-state index contributed by atoms with van der Waals surface area (Å²) in [7, 11) is 1.49. The highest BCUT2D eigenvalue weighted by molar-refractivity contribution is 5.93. The van der Waals surface area contributed by atoms with Gasteiger partial charge in [0.15, 0.2) is 0 Å². The maximum absolute atomic E-state index is 13.3. The van der Waals surface area contributed by atoms with E-state index < -0.39 is 5.41 Å². The van der Waals surface area contributed by atoms with Gasteiger partial charge in [-0.3, -0.25) is 14.6 Å². The first kappa shape index (κ1) is 26.1. The lowest BCUT2D eigenvalue weighted by Crippen LogP contribution is -2.52. The molecule has 8 nitrogen and oxygen atoms in total. The molecule has 38 heavy (non-hydrogen) atoms. The Kier molecular flexibility index (Phi) is 6.84. The molecule has 2 aromatic heterocycles. The number of hydrogen-bond acceptors (Lipinski definition) is 6. The van der Waals surface area contributed by atoms with Gasteiger partial charge in [-0.2, -0.15) is 0 Å². The van der Waals surface area contributed by atoms with E-state index in [1.807, 2.05) is 18.2 Å². The average molecular weight is 516 g/mol. The Bertz CT molecular complexity index is 1350. The molecular weight excluding hydrogens is 478 g/mol. The number of fused-ring (bicyclic) bond motifs is 3. The Labute approximate surface area is 224 Å². The lowest BCUT2D eigenvalue weighted by molar-refractivity contribution is -0.161. The van der Waals surface area contributed by atoms with Gasteiger partial charge in [0, 0.05) is 11.9 Å². The number of pyridine rings is 1. The van der Waals surface area contributed by atoms with Crippen molar-refractivity contribution in [2.24, 2.45) is 11.3 Å². The van der Waals surface area contributed by atoms with E-state index in [-0.39, 0.29) is 35.7 Å². The molecule has 2 aliphatic carbocycles. The number of carbonyl (C=O) groups is 2. The van der Waals surface area contributed by atoms with E-state index in [0.717, 1.165) is 43.4 Å². The first-order valence-corrected chi connectivity index (χ1v) is 13.5. The number of methoxy groups -OCH3 is 1. The lowest BCUT2D eigenvalue weighted by Gasteiger charge is -2.54. The number of carbonyl (C=O) groups excluding carboxylic acids is 2. The van der Waals surface area contributed by atoms with Crippen molar-refractivity contribution >= 4 is 17.6 Å². The predicted molar refractivity (Wildman–Crippen MR) is 146 cm³/mol. The monoisotopic (exact) mass is 515 g/mol.